The predicted molar refractivity (Wildman–Crippen MR) is 65.7 cm³/mol. The van der Waals surface area contributed by atoms with Crippen LogP contribution in [0.3, 0.4) is 0 Å². The highest BCUT2D eigenvalue weighted by Crippen LogP contribution is 2.03. The largest absolute Gasteiger partial charge is 0.330 e. The monoisotopic (exact) mass is 206 g/mol. The molecule has 2 heteroatoms. The zero-order chi connectivity index (χ0) is 11.1. The smallest absolute Gasteiger partial charge is 0.0205 e. The maximum Gasteiger partial charge on any atom is 0.0205 e. The van der Waals surface area contributed by atoms with Gasteiger partial charge in [0.2, 0.25) is 0 Å². The molecule has 0 amide bonds. The Bertz CT molecular complexity index is 284. The van der Waals surface area contributed by atoms with E-state index in [-0.39, 0.29) is 0 Å². The first-order valence-electron chi connectivity index (χ1n) is 5.68. The van der Waals surface area contributed by atoms with Crippen molar-refractivity contribution >= 4 is 0 Å². The third-order valence-electron chi connectivity index (χ3n) is 2.63. The molecule has 0 saturated heterocycles. The standard InChI is InChI=1S/C13H22N2/c1-11-4-3-5-13(8-11)10-15-7-6-12(2)9-14/h3-5,8,12,15H,6-7,9-10,14H2,1-2H3. The van der Waals surface area contributed by atoms with E-state index in [2.05, 4.69) is 43.4 Å². The summed E-state index contributed by atoms with van der Waals surface area (Å²) in [4.78, 5) is 0. The van der Waals surface area contributed by atoms with Gasteiger partial charge in [0.25, 0.3) is 0 Å². The van der Waals surface area contributed by atoms with Crippen molar-refractivity contribution < 1.29 is 0 Å². The number of nitrogens with one attached hydrogen (secondary N) is 1. The topological polar surface area (TPSA) is 38.0 Å². The van der Waals surface area contributed by atoms with Crippen molar-refractivity contribution in [1.29, 1.82) is 0 Å². The van der Waals surface area contributed by atoms with Gasteiger partial charge in [0, 0.05) is 6.54 Å². The van der Waals surface area contributed by atoms with Crippen LogP contribution in [0, 0.1) is 12.8 Å². The van der Waals surface area contributed by atoms with E-state index in [1.807, 2.05) is 0 Å². The molecule has 3 N–H and O–H groups in total. The number of aryl methyl sites for hydroxylation is 1. The van der Waals surface area contributed by atoms with Crippen molar-refractivity contribution in [1.82, 2.24) is 5.32 Å². The van der Waals surface area contributed by atoms with Gasteiger partial charge in [-0.15, -0.1) is 0 Å². The zero-order valence-electron chi connectivity index (χ0n) is 9.79. The Morgan fingerprint density at radius 3 is 2.87 bits per heavy atom. The lowest BCUT2D eigenvalue weighted by Crippen LogP contribution is -2.20. The maximum absolute atomic E-state index is 5.56. The van der Waals surface area contributed by atoms with Crippen LogP contribution in [0.5, 0.6) is 0 Å². The maximum atomic E-state index is 5.56. The van der Waals surface area contributed by atoms with Crippen molar-refractivity contribution in [2.45, 2.75) is 26.8 Å². The Balaban J connectivity index is 2.20. The van der Waals surface area contributed by atoms with Gasteiger partial charge in [-0.2, -0.15) is 0 Å². The molecule has 1 aromatic carbocycles. The number of hydrogen-bond donors (Lipinski definition) is 2. The molecule has 0 aromatic heterocycles. The fourth-order valence-electron chi connectivity index (χ4n) is 1.52. The quantitative estimate of drug-likeness (QED) is 0.699. The molecule has 0 aliphatic carbocycles. The second kappa shape index (κ2) is 6.59. The number of hydrogen-bond acceptors (Lipinski definition) is 2. The van der Waals surface area contributed by atoms with E-state index in [1.54, 1.807) is 0 Å². The van der Waals surface area contributed by atoms with Gasteiger partial charge in [-0.05, 0) is 37.9 Å². The Morgan fingerprint density at radius 1 is 1.40 bits per heavy atom. The SMILES string of the molecule is Cc1cccc(CNCCC(C)CN)c1. The summed E-state index contributed by atoms with van der Waals surface area (Å²) >= 11 is 0. The number of benzene rings is 1. The molecule has 1 atom stereocenters. The predicted octanol–water partition coefficient (Wildman–Crippen LogP) is 2.07. The van der Waals surface area contributed by atoms with Gasteiger partial charge in [0.05, 0.1) is 0 Å². The highest BCUT2D eigenvalue weighted by atomic mass is 14.8. The van der Waals surface area contributed by atoms with E-state index in [0.717, 1.165) is 26.1 Å². The fourth-order valence-corrected chi connectivity index (χ4v) is 1.52. The summed E-state index contributed by atoms with van der Waals surface area (Å²) in [5, 5.41) is 3.44. The van der Waals surface area contributed by atoms with Gasteiger partial charge >= 0.3 is 0 Å². The molecule has 1 rings (SSSR count). The summed E-state index contributed by atoms with van der Waals surface area (Å²) in [7, 11) is 0. The summed E-state index contributed by atoms with van der Waals surface area (Å²) in [6.45, 7) is 7.10. The summed E-state index contributed by atoms with van der Waals surface area (Å²) in [6, 6.07) is 8.61. The second-order valence-electron chi connectivity index (χ2n) is 4.30. The summed E-state index contributed by atoms with van der Waals surface area (Å²) < 4.78 is 0. The van der Waals surface area contributed by atoms with Crippen molar-refractivity contribution in [3.63, 3.8) is 0 Å². The first kappa shape index (κ1) is 12.2. The molecule has 0 bridgehead atoms. The Hall–Kier alpha value is -0.860. The third kappa shape index (κ3) is 4.96. The van der Waals surface area contributed by atoms with Gasteiger partial charge in [-0.25, -0.2) is 0 Å². The van der Waals surface area contributed by atoms with E-state index in [9.17, 15) is 0 Å². The minimum atomic E-state index is 0.620. The molecule has 0 saturated carbocycles. The van der Waals surface area contributed by atoms with Crippen molar-refractivity contribution in [2.24, 2.45) is 11.7 Å². The lowest BCUT2D eigenvalue weighted by atomic mass is 10.1. The minimum Gasteiger partial charge on any atom is -0.330 e. The van der Waals surface area contributed by atoms with E-state index >= 15 is 0 Å². The number of rotatable bonds is 6. The first-order valence-corrected chi connectivity index (χ1v) is 5.68. The van der Waals surface area contributed by atoms with Gasteiger partial charge in [0.15, 0.2) is 0 Å². The molecule has 0 spiro atoms. The van der Waals surface area contributed by atoms with Crippen LogP contribution >= 0.6 is 0 Å². The van der Waals surface area contributed by atoms with Gasteiger partial charge in [0.1, 0.15) is 0 Å². The van der Waals surface area contributed by atoms with Crippen LogP contribution in [0.15, 0.2) is 24.3 Å². The lowest BCUT2D eigenvalue weighted by Gasteiger charge is -2.09. The average molecular weight is 206 g/mol. The molecule has 2 nitrogen and oxygen atoms in total. The van der Waals surface area contributed by atoms with Gasteiger partial charge in [-0.1, -0.05) is 36.8 Å². The Labute approximate surface area is 92.9 Å². The molecule has 0 fully saturated rings. The Morgan fingerprint density at radius 2 is 2.20 bits per heavy atom. The average Bonchev–Trinajstić information content (AvgIpc) is 2.24. The second-order valence-corrected chi connectivity index (χ2v) is 4.30. The van der Waals surface area contributed by atoms with Crippen molar-refractivity contribution in [3.05, 3.63) is 35.4 Å². The van der Waals surface area contributed by atoms with Crippen LogP contribution in [-0.4, -0.2) is 13.1 Å². The summed E-state index contributed by atoms with van der Waals surface area (Å²) in [5.41, 5.74) is 8.24. The Kier molecular flexibility index (Phi) is 5.37. The van der Waals surface area contributed by atoms with Crippen LogP contribution in [-0.2, 0) is 6.54 Å². The van der Waals surface area contributed by atoms with E-state index in [4.69, 9.17) is 5.73 Å². The molecule has 0 aliphatic rings. The van der Waals surface area contributed by atoms with Crippen LogP contribution in [0.1, 0.15) is 24.5 Å². The molecule has 0 heterocycles. The molecule has 1 aromatic rings. The molecule has 84 valence electrons. The normalized spacial score (nSPS) is 12.7. The van der Waals surface area contributed by atoms with E-state index in [0.29, 0.717) is 5.92 Å². The first-order chi connectivity index (χ1) is 7.22. The highest BCUT2D eigenvalue weighted by Gasteiger charge is 1.98. The van der Waals surface area contributed by atoms with Gasteiger partial charge in [-0.3, -0.25) is 0 Å². The minimum absolute atomic E-state index is 0.620. The summed E-state index contributed by atoms with van der Waals surface area (Å²) in [6.07, 6.45) is 1.16. The van der Waals surface area contributed by atoms with E-state index < -0.39 is 0 Å². The molecule has 1 unspecified atom stereocenters. The van der Waals surface area contributed by atoms with Crippen molar-refractivity contribution in [2.75, 3.05) is 13.1 Å². The molecule has 0 aliphatic heterocycles. The van der Waals surface area contributed by atoms with Crippen molar-refractivity contribution in [3.8, 4) is 0 Å². The van der Waals surface area contributed by atoms with Gasteiger partial charge < -0.3 is 11.1 Å². The fraction of sp³-hybridized carbons (Fsp3) is 0.538. The molecular formula is C13H22N2. The number of nitrogens with two attached hydrogens (primary N) is 1. The van der Waals surface area contributed by atoms with E-state index in [1.165, 1.54) is 11.1 Å². The van der Waals surface area contributed by atoms with Crippen LogP contribution in [0.4, 0.5) is 0 Å². The molecular weight excluding hydrogens is 184 g/mol. The van der Waals surface area contributed by atoms with Crippen LogP contribution in [0.25, 0.3) is 0 Å². The molecule has 15 heavy (non-hydrogen) atoms. The molecule has 0 radical (unpaired) electrons. The van der Waals surface area contributed by atoms with Crippen LogP contribution in [0.2, 0.25) is 0 Å². The zero-order valence-corrected chi connectivity index (χ0v) is 9.79. The highest BCUT2D eigenvalue weighted by molar-refractivity contribution is 5.21. The van der Waals surface area contributed by atoms with Crippen LogP contribution < -0.4 is 11.1 Å². The summed E-state index contributed by atoms with van der Waals surface area (Å²) in [5.74, 6) is 0.620. The lowest BCUT2D eigenvalue weighted by molar-refractivity contribution is 0.509. The third-order valence-corrected chi connectivity index (χ3v) is 2.63.